The number of aryl methyl sites for hydroxylation is 2. The van der Waals surface area contributed by atoms with Gasteiger partial charge in [-0.3, -0.25) is 9.59 Å². The molecule has 0 bridgehead atoms. The molecule has 0 aliphatic carbocycles. The summed E-state index contributed by atoms with van der Waals surface area (Å²) < 4.78 is 0.706. The normalized spacial score (nSPS) is 22.6. The molecule has 1 amide bonds. The number of rotatable bonds is 7. The predicted octanol–water partition coefficient (Wildman–Crippen LogP) is 4.46. The summed E-state index contributed by atoms with van der Waals surface area (Å²) >= 11 is 0. The van der Waals surface area contributed by atoms with E-state index in [-0.39, 0.29) is 44.4 Å². The van der Waals surface area contributed by atoms with Gasteiger partial charge in [-0.1, -0.05) is 48.5 Å². The summed E-state index contributed by atoms with van der Waals surface area (Å²) in [6.45, 7) is 9.07. The van der Waals surface area contributed by atoms with Crippen molar-refractivity contribution < 1.29 is 46.8 Å². The molecule has 2 aliphatic rings. The Hall–Kier alpha value is -1.36. The number of benzene rings is 2. The molecule has 0 aromatic heterocycles. The van der Waals surface area contributed by atoms with Crippen molar-refractivity contribution in [2.75, 3.05) is 32.7 Å². The summed E-state index contributed by atoms with van der Waals surface area (Å²) in [7, 11) is 0. The third kappa shape index (κ3) is 6.62. The third-order valence-corrected chi connectivity index (χ3v) is 7.45. The fourth-order valence-electron chi connectivity index (χ4n) is 5.79. The molecule has 4 rings (SSSR count). The average molecular weight is 523 g/mol. The van der Waals surface area contributed by atoms with Crippen LogP contribution in [0.15, 0.2) is 48.5 Å². The van der Waals surface area contributed by atoms with E-state index in [1.807, 2.05) is 6.07 Å². The first kappa shape index (κ1) is 26.3. The number of quaternary nitrogens is 1. The molecule has 173 valence electrons. The molecule has 2 fully saturated rings. The largest absolute Gasteiger partial charge is 0.342 e. The Balaban J connectivity index is 0.00000306. The van der Waals surface area contributed by atoms with E-state index in [1.165, 1.54) is 16.7 Å². The quantitative estimate of drug-likeness (QED) is 0.504. The Bertz CT molecular complexity index is 935. The number of carbonyl (C=O) groups is 2. The number of hydrogen-bond donors (Lipinski definition) is 0. The zero-order valence-electron chi connectivity index (χ0n) is 20.3. The van der Waals surface area contributed by atoms with Gasteiger partial charge in [-0.25, -0.2) is 0 Å². The van der Waals surface area contributed by atoms with E-state index >= 15 is 0 Å². The first-order chi connectivity index (χ1) is 15.5. The van der Waals surface area contributed by atoms with Gasteiger partial charge in [0.15, 0.2) is 5.78 Å². The van der Waals surface area contributed by atoms with Crippen LogP contribution in [0.3, 0.4) is 0 Å². The molecule has 5 heteroatoms. The molecular formula is C28H37N2O2Y+. The third-order valence-electron chi connectivity index (χ3n) is 7.45. The number of Topliss-reactive ketones (excluding diaryl/α,β-unsaturated/α-hetero) is 1. The van der Waals surface area contributed by atoms with Crippen LogP contribution in [-0.4, -0.2) is 53.8 Å². The van der Waals surface area contributed by atoms with Crippen LogP contribution in [0.4, 0.5) is 0 Å². The van der Waals surface area contributed by atoms with Gasteiger partial charge in [-0.05, 0) is 56.2 Å². The molecular weight excluding hydrogens is 485 g/mol. The van der Waals surface area contributed by atoms with Crippen LogP contribution in [-0.2, 0) is 55.3 Å². The van der Waals surface area contributed by atoms with Gasteiger partial charge < -0.3 is 9.38 Å². The van der Waals surface area contributed by atoms with Crippen LogP contribution in [0.2, 0.25) is 0 Å². The Kier molecular flexibility index (Phi) is 9.44. The molecule has 1 radical (unpaired) electrons. The maximum atomic E-state index is 13.4. The van der Waals surface area contributed by atoms with Crippen molar-refractivity contribution in [1.82, 2.24) is 4.90 Å². The van der Waals surface area contributed by atoms with Gasteiger partial charge in [0.05, 0.1) is 19.0 Å². The number of likely N-dealkylation sites (tertiary alicyclic amines) is 2. The molecule has 2 aromatic rings. The van der Waals surface area contributed by atoms with E-state index in [9.17, 15) is 9.59 Å². The second kappa shape index (κ2) is 11.9. The molecule has 2 aliphatic heterocycles. The number of ketones is 1. The minimum atomic E-state index is 0. The van der Waals surface area contributed by atoms with Crippen LogP contribution in [0.25, 0.3) is 0 Å². The molecule has 2 atom stereocenters. The van der Waals surface area contributed by atoms with Crippen molar-refractivity contribution in [2.45, 2.75) is 52.5 Å². The topological polar surface area (TPSA) is 37.4 Å². The number of piperidine rings is 1. The van der Waals surface area contributed by atoms with Crippen molar-refractivity contribution in [1.29, 1.82) is 0 Å². The Labute approximate surface area is 224 Å². The smallest absolute Gasteiger partial charge is 0.231 e. The molecule has 0 N–H and O–H groups in total. The predicted molar refractivity (Wildman–Crippen MR) is 128 cm³/mol. The van der Waals surface area contributed by atoms with Crippen LogP contribution in [0.5, 0.6) is 0 Å². The molecule has 4 nitrogen and oxygen atoms in total. The van der Waals surface area contributed by atoms with Gasteiger partial charge in [-0.15, -0.1) is 0 Å². The average Bonchev–Trinajstić information content (AvgIpc) is 3.31. The van der Waals surface area contributed by atoms with Gasteiger partial charge in [-0.2, -0.15) is 0 Å². The van der Waals surface area contributed by atoms with Crippen molar-refractivity contribution >= 4 is 11.7 Å². The van der Waals surface area contributed by atoms with Gasteiger partial charge in [0.2, 0.25) is 5.91 Å². The minimum Gasteiger partial charge on any atom is -0.342 e. The summed E-state index contributed by atoms with van der Waals surface area (Å²) in [6.07, 6.45) is 4.69. The Morgan fingerprint density at radius 3 is 2.27 bits per heavy atom. The van der Waals surface area contributed by atoms with Crippen molar-refractivity contribution in [3.63, 3.8) is 0 Å². The summed E-state index contributed by atoms with van der Waals surface area (Å²) in [5.41, 5.74) is 4.79. The van der Waals surface area contributed by atoms with E-state index in [1.54, 1.807) is 0 Å². The van der Waals surface area contributed by atoms with Crippen LogP contribution in [0.1, 0.15) is 47.9 Å². The fourth-order valence-corrected chi connectivity index (χ4v) is 5.79. The zero-order chi connectivity index (χ0) is 22.6. The van der Waals surface area contributed by atoms with Crippen molar-refractivity contribution in [3.05, 3.63) is 70.8 Å². The molecule has 33 heavy (non-hydrogen) atoms. The Morgan fingerprint density at radius 1 is 0.939 bits per heavy atom. The molecule has 0 saturated carbocycles. The van der Waals surface area contributed by atoms with Crippen molar-refractivity contribution in [3.8, 4) is 0 Å². The molecule has 0 spiro atoms. The van der Waals surface area contributed by atoms with Crippen LogP contribution in [0, 0.1) is 19.8 Å². The fraction of sp³-hybridized carbons (Fsp3) is 0.500. The van der Waals surface area contributed by atoms with E-state index in [0.29, 0.717) is 23.4 Å². The van der Waals surface area contributed by atoms with Crippen molar-refractivity contribution in [2.24, 2.45) is 5.92 Å². The second-order valence-electron chi connectivity index (χ2n) is 10.0. The zero-order valence-corrected chi connectivity index (χ0v) is 23.1. The molecule has 2 saturated heterocycles. The van der Waals surface area contributed by atoms with Gasteiger partial charge in [0.25, 0.3) is 0 Å². The van der Waals surface area contributed by atoms with Gasteiger partial charge >= 0.3 is 0 Å². The summed E-state index contributed by atoms with van der Waals surface area (Å²) in [6, 6.07) is 16.7. The van der Waals surface area contributed by atoms with E-state index < -0.39 is 0 Å². The van der Waals surface area contributed by atoms with Gasteiger partial charge in [0.1, 0.15) is 13.1 Å². The number of hydrogen-bond acceptors (Lipinski definition) is 2. The van der Waals surface area contributed by atoms with E-state index in [4.69, 9.17) is 0 Å². The number of nitrogens with zero attached hydrogens (tertiary/aromatic N) is 2. The first-order valence-corrected chi connectivity index (χ1v) is 12.2. The summed E-state index contributed by atoms with van der Waals surface area (Å²) in [4.78, 5) is 28.7. The van der Waals surface area contributed by atoms with Gasteiger partial charge in [0, 0.05) is 57.8 Å². The first-order valence-electron chi connectivity index (χ1n) is 12.2. The van der Waals surface area contributed by atoms with Crippen LogP contribution >= 0.6 is 0 Å². The summed E-state index contributed by atoms with van der Waals surface area (Å²) in [5, 5.41) is 0. The maximum absolute atomic E-state index is 13.4. The second-order valence-corrected chi connectivity index (χ2v) is 10.0. The number of carbonyl (C=O) groups excluding carboxylic acids is 2. The molecule has 2 unspecified atom stereocenters. The number of amides is 1. The van der Waals surface area contributed by atoms with E-state index in [2.05, 4.69) is 61.2 Å². The standard InChI is InChI=1S/C28H37N2O2.Y/c1-22-10-8-11-23(2)27(22)18-26(31)21-30(19-24-12-4-3-5-13-24)17-9-14-25(20-30)28(32)29-15-6-7-16-29;/h3-5,8,10-13,25H,6-7,9,14-21H2,1-2H3;/q+1;. The van der Waals surface area contributed by atoms with E-state index in [0.717, 1.165) is 64.0 Å². The Morgan fingerprint density at radius 2 is 1.61 bits per heavy atom. The summed E-state index contributed by atoms with van der Waals surface area (Å²) in [5.74, 6) is 0.645. The SMILES string of the molecule is Cc1cccc(C)c1CC(=O)C[N+]1(Cc2ccccc2)CCCC(C(=O)N2CCCC2)C1.[Y]. The van der Waals surface area contributed by atoms with Crippen LogP contribution < -0.4 is 0 Å². The monoisotopic (exact) mass is 522 g/mol. The maximum Gasteiger partial charge on any atom is 0.231 e. The minimum absolute atomic E-state index is 0. The molecule has 2 aromatic carbocycles. The molecule has 2 heterocycles.